The van der Waals surface area contributed by atoms with Gasteiger partial charge in [0.2, 0.25) is 5.91 Å². The molecule has 0 saturated carbocycles. The molecule has 2 saturated heterocycles. The minimum atomic E-state index is 0. The van der Waals surface area contributed by atoms with Gasteiger partial charge in [0.25, 0.3) is 0 Å². The van der Waals surface area contributed by atoms with Crippen LogP contribution < -0.4 is 11.1 Å². The van der Waals surface area contributed by atoms with E-state index in [0.29, 0.717) is 5.91 Å². The second-order valence-electron chi connectivity index (χ2n) is 4.98. The summed E-state index contributed by atoms with van der Waals surface area (Å²) in [6.45, 7) is 17.4. The summed E-state index contributed by atoms with van der Waals surface area (Å²) in [6, 6.07) is 0. The molecule has 0 aromatic rings. The lowest BCUT2D eigenvalue weighted by molar-refractivity contribution is -0.137. The highest BCUT2D eigenvalue weighted by molar-refractivity contribution is 5.79. The zero-order valence-corrected chi connectivity index (χ0v) is 15.6. The van der Waals surface area contributed by atoms with E-state index in [9.17, 15) is 4.79 Å². The molecule has 2 aliphatic heterocycles. The van der Waals surface area contributed by atoms with Gasteiger partial charge in [0.15, 0.2) is 0 Å². The highest BCUT2D eigenvalue weighted by Gasteiger charge is 2.28. The standard InChI is InChI=1S/C12H24N4O.2C2H6.CH2O.H2/c13-3-8-15-6-1-11(2-7-15)12(17)16-9-4-14-5-10-16;3*1-2;/h11,14H,1-10,13H2;2*1-2H3;1H2;1H. The molecule has 3 N–H and O–H groups in total. The average Bonchev–Trinajstić information content (AvgIpc) is 2.68. The molecule has 2 fully saturated rings. The Balaban J connectivity index is -0.000000569. The van der Waals surface area contributed by atoms with E-state index in [1.807, 2.05) is 39.4 Å². The number of nitrogens with zero attached hydrogens (tertiary/aromatic N) is 2. The van der Waals surface area contributed by atoms with Crippen LogP contribution in [-0.4, -0.2) is 74.9 Å². The number of carbonyl (C=O) groups is 2. The second-order valence-corrected chi connectivity index (χ2v) is 4.98. The van der Waals surface area contributed by atoms with Gasteiger partial charge in [-0.1, -0.05) is 27.7 Å². The maximum atomic E-state index is 12.3. The summed E-state index contributed by atoms with van der Waals surface area (Å²) in [6.07, 6.45) is 2.01. The fraction of sp³-hybridized carbons (Fsp3) is 0.882. The van der Waals surface area contributed by atoms with Crippen molar-refractivity contribution in [1.29, 1.82) is 0 Å². The van der Waals surface area contributed by atoms with Crippen LogP contribution in [0.3, 0.4) is 0 Å². The summed E-state index contributed by atoms with van der Waals surface area (Å²) < 4.78 is 0. The number of nitrogens with one attached hydrogen (secondary N) is 1. The van der Waals surface area contributed by atoms with Crippen LogP contribution in [0.1, 0.15) is 42.0 Å². The predicted octanol–water partition coefficient (Wildman–Crippen LogP) is 1.20. The number of hydrogen-bond acceptors (Lipinski definition) is 5. The molecule has 1 amide bonds. The van der Waals surface area contributed by atoms with Crippen LogP contribution in [0.25, 0.3) is 0 Å². The zero-order chi connectivity index (χ0) is 18.1. The monoisotopic (exact) mass is 332 g/mol. The highest BCUT2D eigenvalue weighted by Crippen LogP contribution is 2.19. The lowest BCUT2D eigenvalue weighted by Gasteiger charge is -2.35. The number of nitrogens with two attached hydrogens (primary N) is 1. The van der Waals surface area contributed by atoms with Crippen molar-refractivity contribution in [3.63, 3.8) is 0 Å². The lowest BCUT2D eigenvalue weighted by Crippen LogP contribution is -2.50. The predicted molar refractivity (Wildman–Crippen MR) is 99.6 cm³/mol. The molecule has 0 unspecified atom stereocenters. The third kappa shape index (κ3) is 9.69. The molecular formula is C17H40N4O2. The molecule has 0 spiro atoms. The zero-order valence-electron chi connectivity index (χ0n) is 15.6. The lowest BCUT2D eigenvalue weighted by atomic mass is 9.95. The minimum Gasteiger partial charge on any atom is -0.340 e. The van der Waals surface area contributed by atoms with E-state index in [1.165, 1.54) is 0 Å². The topological polar surface area (TPSA) is 78.7 Å². The van der Waals surface area contributed by atoms with Crippen molar-refractivity contribution in [1.82, 2.24) is 15.1 Å². The molecule has 0 aliphatic carbocycles. The van der Waals surface area contributed by atoms with Gasteiger partial charge in [-0.3, -0.25) is 4.79 Å². The number of hydrogen-bond donors (Lipinski definition) is 2. The van der Waals surface area contributed by atoms with Crippen LogP contribution in [0, 0.1) is 5.92 Å². The minimum absolute atomic E-state index is 0. The Morgan fingerprint density at radius 2 is 1.57 bits per heavy atom. The summed E-state index contributed by atoms with van der Waals surface area (Å²) >= 11 is 0. The Bertz CT molecular complexity index is 269. The Morgan fingerprint density at radius 1 is 1.09 bits per heavy atom. The quantitative estimate of drug-likeness (QED) is 0.812. The molecule has 140 valence electrons. The smallest absolute Gasteiger partial charge is 0.225 e. The second kappa shape index (κ2) is 17.4. The van der Waals surface area contributed by atoms with Crippen LogP contribution in [0.5, 0.6) is 0 Å². The maximum Gasteiger partial charge on any atom is 0.225 e. The fourth-order valence-corrected chi connectivity index (χ4v) is 2.73. The molecule has 23 heavy (non-hydrogen) atoms. The molecule has 2 rings (SSSR count). The van der Waals surface area contributed by atoms with Gasteiger partial charge in [-0.2, -0.15) is 0 Å². The average molecular weight is 333 g/mol. The molecule has 0 radical (unpaired) electrons. The Morgan fingerprint density at radius 3 is 2.00 bits per heavy atom. The van der Waals surface area contributed by atoms with E-state index in [-0.39, 0.29) is 7.34 Å². The van der Waals surface area contributed by atoms with Crippen molar-refractivity contribution in [2.75, 3.05) is 52.4 Å². The first-order valence-corrected chi connectivity index (χ1v) is 9.02. The molecule has 2 heterocycles. The van der Waals surface area contributed by atoms with Gasteiger partial charge in [0.05, 0.1) is 0 Å². The molecule has 6 heteroatoms. The molecule has 0 bridgehead atoms. The largest absolute Gasteiger partial charge is 0.340 e. The number of piperazine rings is 1. The molecule has 0 aromatic heterocycles. The first kappa shape index (κ1) is 24.3. The Kier molecular flexibility index (Phi) is 18.3. The van der Waals surface area contributed by atoms with E-state index < -0.39 is 0 Å². The first-order valence-electron chi connectivity index (χ1n) is 9.02. The van der Waals surface area contributed by atoms with Crippen molar-refractivity contribution in [3.05, 3.63) is 0 Å². The van der Waals surface area contributed by atoms with Gasteiger partial charge in [0, 0.05) is 46.6 Å². The van der Waals surface area contributed by atoms with E-state index in [0.717, 1.165) is 65.2 Å². The van der Waals surface area contributed by atoms with Crippen LogP contribution in [0.15, 0.2) is 0 Å². The SMILES string of the molecule is C=O.CC.CC.NCCN1CCC(C(=O)N2CCNCC2)CC1.[HH]. The first-order chi connectivity index (χ1) is 11.3. The fourth-order valence-electron chi connectivity index (χ4n) is 2.73. The summed E-state index contributed by atoms with van der Waals surface area (Å²) in [7, 11) is 0. The van der Waals surface area contributed by atoms with Crippen LogP contribution >= 0.6 is 0 Å². The van der Waals surface area contributed by atoms with Gasteiger partial charge in [-0.25, -0.2) is 0 Å². The third-order valence-electron chi connectivity index (χ3n) is 3.81. The van der Waals surface area contributed by atoms with Crippen molar-refractivity contribution >= 4 is 12.7 Å². The van der Waals surface area contributed by atoms with Gasteiger partial charge in [-0.05, 0) is 25.9 Å². The maximum absolute atomic E-state index is 12.3. The summed E-state index contributed by atoms with van der Waals surface area (Å²) in [5.41, 5.74) is 5.55. The van der Waals surface area contributed by atoms with Crippen LogP contribution in [0.2, 0.25) is 0 Å². The van der Waals surface area contributed by atoms with E-state index in [2.05, 4.69) is 10.2 Å². The van der Waals surface area contributed by atoms with Crippen molar-refractivity contribution < 1.29 is 11.0 Å². The van der Waals surface area contributed by atoms with Gasteiger partial charge < -0.3 is 25.6 Å². The highest BCUT2D eigenvalue weighted by atomic mass is 16.2. The summed E-state index contributed by atoms with van der Waals surface area (Å²) in [5, 5.41) is 3.28. The molecule has 0 aromatic carbocycles. The van der Waals surface area contributed by atoms with E-state index in [1.54, 1.807) is 0 Å². The number of likely N-dealkylation sites (tertiary alicyclic amines) is 1. The van der Waals surface area contributed by atoms with Gasteiger partial charge in [0.1, 0.15) is 6.79 Å². The van der Waals surface area contributed by atoms with E-state index >= 15 is 0 Å². The van der Waals surface area contributed by atoms with Crippen molar-refractivity contribution in [2.24, 2.45) is 11.7 Å². The molecule has 6 nitrogen and oxygen atoms in total. The van der Waals surface area contributed by atoms with Crippen molar-refractivity contribution in [2.45, 2.75) is 40.5 Å². The number of amides is 1. The van der Waals surface area contributed by atoms with E-state index in [4.69, 9.17) is 10.5 Å². The summed E-state index contributed by atoms with van der Waals surface area (Å²) in [5.74, 6) is 0.626. The van der Waals surface area contributed by atoms with Crippen LogP contribution in [0.4, 0.5) is 0 Å². The Labute approximate surface area is 144 Å². The van der Waals surface area contributed by atoms with Gasteiger partial charge >= 0.3 is 0 Å². The van der Waals surface area contributed by atoms with Gasteiger partial charge in [-0.15, -0.1) is 0 Å². The van der Waals surface area contributed by atoms with Crippen molar-refractivity contribution in [3.8, 4) is 0 Å². The molecule has 0 atom stereocenters. The third-order valence-corrected chi connectivity index (χ3v) is 3.81. The molecular weight excluding hydrogens is 292 g/mol. The summed E-state index contributed by atoms with van der Waals surface area (Å²) in [4.78, 5) is 24.7. The number of rotatable bonds is 3. The van der Waals surface area contributed by atoms with Crippen LogP contribution in [-0.2, 0) is 9.59 Å². The Hall–Kier alpha value is -0.980. The normalized spacial score (nSPS) is 18.4. The molecule has 2 aliphatic rings. The number of piperidine rings is 1. The number of carbonyl (C=O) groups excluding carboxylic acids is 2.